The molecule has 1 aromatic carbocycles. The van der Waals surface area contributed by atoms with Crippen LogP contribution in [0, 0.1) is 5.92 Å². The first-order valence-corrected chi connectivity index (χ1v) is 9.50. The number of benzene rings is 1. The second kappa shape index (κ2) is 8.87. The Balaban J connectivity index is 2.17. The molecule has 0 saturated carbocycles. The molecular weight excluding hydrogens is 370 g/mol. The molecule has 3 N–H and O–H groups in total. The first kappa shape index (κ1) is 20.5. The molecule has 1 aromatic heterocycles. The number of fused-ring (bicyclic) bond motifs is 4. The van der Waals surface area contributed by atoms with Crippen LogP contribution in [-0.2, 0) is 20.7 Å². The number of nitrogens with one attached hydrogen (secondary N) is 3. The lowest BCUT2D eigenvalue weighted by Gasteiger charge is -2.19. The molecule has 0 spiro atoms. The summed E-state index contributed by atoms with van der Waals surface area (Å²) in [7, 11) is 3.17. The maximum absolute atomic E-state index is 12.7. The van der Waals surface area contributed by atoms with Gasteiger partial charge >= 0.3 is 5.97 Å². The van der Waals surface area contributed by atoms with Gasteiger partial charge in [-0.05, 0) is 36.7 Å². The largest absolute Gasteiger partial charge is 0.469 e. The van der Waals surface area contributed by atoms with E-state index in [0.717, 1.165) is 5.69 Å². The molecule has 2 atom stereocenters. The monoisotopic (exact) mass is 395 g/mol. The molecule has 0 fully saturated rings. The van der Waals surface area contributed by atoms with Gasteiger partial charge in [-0.25, -0.2) is 0 Å². The minimum absolute atomic E-state index is 0.0874. The summed E-state index contributed by atoms with van der Waals surface area (Å²) in [6.45, 7) is 1.82. The summed E-state index contributed by atoms with van der Waals surface area (Å²) in [4.78, 5) is 39.6. The van der Waals surface area contributed by atoms with Gasteiger partial charge in [-0.2, -0.15) is 0 Å². The molecule has 152 valence electrons. The maximum Gasteiger partial charge on any atom is 0.309 e. The number of carbonyl (C=O) groups excluding carboxylic acids is 2. The van der Waals surface area contributed by atoms with Gasteiger partial charge < -0.3 is 20.4 Å². The topological polar surface area (TPSA) is 100 Å². The Morgan fingerprint density at radius 3 is 2.76 bits per heavy atom. The molecule has 3 rings (SSSR count). The summed E-state index contributed by atoms with van der Waals surface area (Å²) in [6, 6.07) is 8.69. The second-order valence-corrected chi connectivity index (χ2v) is 7.10. The summed E-state index contributed by atoms with van der Waals surface area (Å²) in [5.41, 5.74) is 3.22. The number of methoxy groups -OCH3 is 1. The standard InChI is InChI=1S/C22H25N3O4/c1-13-5-4-6-17(23-2)19-11-15(12-20(26)24-19)16-8-7-14(10-21(27)29-3)9-18(16)25-22(13)28/h4-5,7-9,11-13,17,23H,6,10H2,1-3H3,(H,24,26)(H,25,28). The molecule has 0 aliphatic carbocycles. The Morgan fingerprint density at radius 1 is 1.24 bits per heavy atom. The molecule has 2 bridgehead atoms. The fourth-order valence-corrected chi connectivity index (χ4v) is 3.36. The SMILES string of the molecule is CNC1CC=CC(C)C(=O)Nc2cc(CC(=O)OC)ccc2-c2cc1[nH]c(=O)c2. The molecule has 2 unspecified atom stereocenters. The van der Waals surface area contributed by atoms with Crippen LogP contribution in [0.2, 0.25) is 0 Å². The predicted molar refractivity (Wildman–Crippen MR) is 112 cm³/mol. The van der Waals surface area contributed by atoms with E-state index < -0.39 is 0 Å². The number of aromatic amines is 1. The van der Waals surface area contributed by atoms with Gasteiger partial charge in [0.1, 0.15) is 0 Å². The van der Waals surface area contributed by atoms with E-state index in [2.05, 4.69) is 15.6 Å². The third kappa shape index (κ3) is 4.81. The number of hydrogen-bond acceptors (Lipinski definition) is 5. The van der Waals surface area contributed by atoms with Gasteiger partial charge in [0.25, 0.3) is 0 Å². The van der Waals surface area contributed by atoms with E-state index >= 15 is 0 Å². The van der Waals surface area contributed by atoms with Crippen LogP contribution in [-0.4, -0.2) is 31.0 Å². The fraction of sp³-hybridized carbons (Fsp3) is 0.318. The van der Waals surface area contributed by atoms with E-state index in [0.29, 0.717) is 28.8 Å². The average Bonchev–Trinajstić information content (AvgIpc) is 2.70. The molecule has 7 heteroatoms. The zero-order chi connectivity index (χ0) is 21.0. The number of hydrogen-bond donors (Lipinski definition) is 3. The second-order valence-electron chi connectivity index (χ2n) is 7.10. The Kier molecular flexibility index (Phi) is 6.29. The number of amides is 1. The van der Waals surface area contributed by atoms with Crippen molar-refractivity contribution in [2.24, 2.45) is 5.92 Å². The summed E-state index contributed by atoms with van der Waals surface area (Å²) in [6.07, 6.45) is 4.52. The lowest BCUT2D eigenvalue weighted by Crippen LogP contribution is -2.22. The Hall–Kier alpha value is -3.19. The minimum Gasteiger partial charge on any atom is -0.469 e. The molecule has 0 saturated heterocycles. The van der Waals surface area contributed by atoms with Crippen LogP contribution in [0.1, 0.15) is 30.6 Å². The summed E-state index contributed by atoms with van der Waals surface area (Å²) < 4.78 is 4.74. The molecule has 2 aromatic rings. The van der Waals surface area contributed by atoms with Gasteiger partial charge in [-0.3, -0.25) is 14.4 Å². The maximum atomic E-state index is 12.7. The Bertz CT molecular complexity index is 1010. The van der Waals surface area contributed by atoms with E-state index in [9.17, 15) is 14.4 Å². The summed E-state index contributed by atoms with van der Waals surface area (Å²) >= 11 is 0. The first-order valence-electron chi connectivity index (χ1n) is 9.50. The number of ether oxygens (including phenoxy) is 1. The molecule has 29 heavy (non-hydrogen) atoms. The molecule has 0 radical (unpaired) electrons. The normalized spacial score (nSPS) is 18.8. The number of anilines is 1. The fourth-order valence-electron chi connectivity index (χ4n) is 3.36. The minimum atomic E-state index is -0.365. The van der Waals surface area contributed by atoms with Crippen LogP contribution in [0.15, 0.2) is 47.3 Å². The number of pyridine rings is 1. The van der Waals surface area contributed by atoms with Crippen molar-refractivity contribution in [1.29, 1.82) is 0 Å². The number of rotatable bonds is 3. The van der Waals surface area contributed by atoms with Crippen molar-refractivity contribution in [3.8, 4) is 11.1 Å². The molecule has 2 heterocycles. The zero-order valence-corrected chi connectivity index (χ0v) is 16.7. The molecule has 1 aliphatic heterocycles. The summed E-state index contributed by atoms with van der Waals surface area (Å²) in [5, 5.41) is 6.15. The number of aromatic nitrogens is 1. The predicted octanol–water partition coefficient (Wildman–Crippen LogP) is 2.55. The highest BCUT2D eigenvalue weighted by molar-refractivity contribution is 5.97. The van der Waals surface area contributed by atoms with Crippen molar-refractivity contribution in [3.05, 3.63) is 64.1 Å². The number of esters is 1. The van der Waals surface area contributed by atoms with Crippen LogP contribution in [0.25, 0.3) is 11.1 Å². The van der Waals surface area contributed by atoms with Crippen molar-refractivity contribution in [2.45, 2.75) is 25.8 Å². The molecule has 1 aliphatic rings. The lowest BCUT2D eigenvalue weighted by atomic mass is 9.97. The molecule has 1 amide bonds. The highest BCUT2D eigenvalue weighted by Crippen LogP contribution is 2.31. The molecular formula is C22H25N3O4. The van der Waals surface area contributed by atoms with Crippen LogP contribution >= 0.6 is 0 Å². The first-order chi connectivity index (χ1) is 13.9. The van der Waals surface area contributed by atoms with Gasteiger partial charge in [0.15, 0.2) is 0 Å². The van der Waals surface area contributed by atoms with Crippen LogP contribution < -0.4 is 16.2 Å². The molecule has 7 nitrogen and oxygen atoms in total. The van der Waals surface area contributed by atoms with E-state index in [1.54, 1.807) is 12.1 Å². The van der Waals surface area contributed by atoms with Gasteiger partial charge in [-0.1, -0.05) is 31.2 Å². The van der Waals surface area contributed by atoms with Gasteiger partial charge in [-0.15, -0.1) is 0 Å². The van der Waals surface area contributed by atoms with Crippen molar-refractivity contribution in [2.75, 3.05) is 19.5 Å². The number of H-pyrrole nitrogens is 1. The third-order valence-electron chi connectivity index (χ3n) is 5.03. The van der Waals surface area contributed by atoms with Gasteiger partial charge in [0.2, 0.25) is 11.5 Å². The van der Waals surface area contributed by atoms with E-state index in [1.165, 1.54) is 13.2 Å². The lowest BCUT2D eigenvalue weighted by molar-refractivity contribution is -0.139. The highest BCUT2D eigenvalue weighted by Gasteiger charge is 2.18. The smallest absolute Gasteiger partial charge is 0.309 e. The Labute approximate surface area is 169 Å². The average molecular weight is 395 g/mol. The third-order valence-corrected chi connectivity index (χ3v) is 5.03. The van der Waals surface area contributed by atoms with Crippen LogP contribution in [0.5, 0.6) is 0 Å². The van der Waals surface area contributed by atoms with Gasteiger partial charge in [0, 0.05) is 23.0 Å². The van der Waals surface area contributed by atoms with Crippen molar-refractivity contribution in [3.63, 3.8) is 0 Å². The van der Waals surface area contributed by atoms with Crippen LogP contribution in [0.3, 0.4) is 0 Å². The van der Waals surface area contributed by atoms with E-state index in [4.69, 9.17) is 4.74 Å². The quantitative estimate of drug-likeness (QED) is 0.548. The van der Waals surface area contributed by atoms with E-state index in [1.807, 2.05) is 38.3 Å². The zero-order valence-electron chi connectivity index (χ0n) is 16.7. The summed E-state index contributed by atoms with van der Waals surface area (Å²) in [5.74, 6) is -0.859. The highest BCUT2D eigenvalue weighted by atomic mass is 16.5. The van der Waals surface area contributed by atoms with E-state index in [-0.39, 0.29) is 35.8 Å². The van der Waals surface area contributed by atoms with Crippen LogP contribution in [0.4, 0.5) is 5.69 Å². The van der Waals surface area contributed by atoms with Crippen molar-refractivity contribution < 1.29 is 14.3 Å². The number of carbonyl (C=O) groups is 2. The van der Waals surface area contributed by atoms with Crippen molar-refractivity contribution >= 4 is 17.6 Å². The van der Waals surface area contributed by atoms with Gasteiger partial charge in [0.05, 0.1) is 25.5 Å². The van der Waals surface area contributed by atoms with Crippen molar-refractivity contribution in [1.82, 2.24) is 10.3 Å². The Morgan fingerprint density at radius 2 is 2.03 bits per heavy atom.